The summed E-state index contributed by atoms with van der Waals surface area (Å²) in [5, 5.41) is 0. The molecule has 0 aromatic carbocycles. The third-order valence-corrected chi connectivity index (χ3v) is 1.42. The van der Waals surface area contributed by atoms with Gasteiger partial charge in [-0.15, -0.1) is 0 Å². The van der Waals surface area contributed by atoms with E-state index in [-0.39, 0.29) is 6.10 Å². The van der Waals surface area contributed by atoms with Crippen LogP contribution in [0, 0.1) is 0 Å². The van der Waals surface area contributed by atoms with Gasteiger partial charge in [0.15, 0.2) is 0 Å². The molecule has 0 bridgehead atoms. The van der Waals surface area contributed by atoms with Gasteiger partial charge >= 0.3 is 0 Å². The molecule has 0 N–H and O–H groups in total. The van der Waals surface area contributed by atoms with Crippen LogP contribution in [0.5, 0.6) is 0 Å². The van der Waals surface area contributed by atoms with E-state index in [1.165, 1.54) is 0 Å². The highest BCUT2D eigenvalue weighted by Gasteiger charge is 1.95. The van der Waals surface area contributed by atoms with Gasteiger partial charge in [0.05, 0.1) is 12.7 Å². The molecule has 0 aromatic heterocycles. The average molecular weight is 216 g/mol. The lowest BCUT2D eigenvalue weighted by atomic mass is 10.5. The summed E-state index contributed by atoms with van der Waals surface area (Å²) in [5.41, 5.74) is 0. The van der Waals surface area contributed by atoms with Crippen molar-refractivity contribution in [2.24, 2.45) is 0 Å². The quantitative estimate of drug-likeness (QED) is 0.663. The van der Waals surface area contributed by atoms with Crippen LogP contribution in [0.25, 0.3) is 0 Å². The summed E-state index contributed by atoms with van der Waals surface area (Å²) in [6, 6.07) is 0. The van der Waals surface area contributed by atoms with Crippen LogP contribution in [-0.4, -0.2) is 19.8 Å². The zero-order valence-electron chi connectivity index (χ0n) is 4.48. The van der Waals surface area contributed by atoms with Crippen LogP contribution in [0.1, 0.15) is 6.92 Å². The van der Waals surface area contributed by atoms with Gasteiger partial charge in [-0.25, -0.2) is 0 Å². The summed E-state index contributed by atoms with van der Waals surface area (Å²) >= 11 is 1.86. The van der Waals surface area contributed by atoms with Gasteiger partial charge in [-0.2, -0.15) is 0 Å². The van der Waals surface area contributed by atoms with Gasteiger partial charge in [-0.05, 0) is 6.92 Å². The number of rotatable bonds is 3. The lowest BCUT2D eigenvalue weighted by Gasteiger charge is -2.02. The third-order valence-electron chi connectivity index (χ3n) is 0.553. The Morgan fingerprint density at radius 2 is 2.29 bits per heavy atom. The van der Waals surface area contributed by atoms with Crippen LogP contribution in [0.2, 0.25) is 0 Å². The fourth-order valence-electron chi connectivity index (χ4n) is 0.260. The van der Waals surface area contributed by atoms with Crippen molar-refractivity contribution in [1.82, 2.24) is 0 Å². The predicted molar refractivity (Wildman–Crippen MR) is 36.4 cm³/mol. The molecule has 0 aromatic rings. The van der Waals surface area contributed by atoms with E-state index < -0.39 is 0 Å². The molecule has 0 saturated heterocycles. The van der Waals surface area contributed by atoms with Crippen LogP contribution in [0.15, 0.2) is 0 Å². The highest BCUT2D eigenvalue weighted by Crippen LogP contribution is 1.95. The van der Waals surface area contributed by atoms with Crippen molar-refractivity contribution in [3.8, 4) is 0 Å². The molecule has 7 heavy (non-hydrogen) atoms. The number of methoxy groups -OCH3 is 1. The largest absolute Gasteiger partial charge is 0.382 e. The first-order valence-corrected chi connectivity index (χ1v) is 2.95. The summed E-state index contributed by atoms with van der Waals surface area (Å²) in [5.74, 6) is 0. The fraction of sp³-hybridized carbons (Fsp3) is 1.00. The van der Waals surface area contributed by atoms with E-state index in [9.17, 15) is 0 Å². The molecule has 0 rings (SSSR count). The van der Waals surface area contributed by atoms with E-state index in [2.05, 4.69) is 0 Å². The molecule has 1 unspecified atom stereocenters. The summed E-state index contributed by atoms with van der Waals surface area (Å²) < 4.78 is 9.60. The number of halogens is 1. The maximum absolute atomic E-state index is 4.84. The SMILES string of the molecule is COCC(C)OI. The lowest BCUT2D eigenvalue weighted by Crippen LogP contribution is -2.08. The zero-order valence-corrected chi connectivity index (χ0v) is 6.64. The Balaban J connectivity index is 2.83. The molecular formula is C4H9IO2. The molecule has 0 radical (unpaired) electrons. The van der Waals surface area contributed by atoms with Gasteiger partial charge in [0.25, 0.3) is 0 Å². The molecule has 0 spiro atoms. The van der Waals surface area contributed by atoms with Crippen molar-refractivity contribution in [1.29, 1.82) is 0 Å². The molecule has 0 fully saturated rings. The van der Waals surface area contributed by atoms with E-state index in [0.717, 1.165) is 0 Å². The maximum atomic E-state index is 4.84. The Kier molecular flexibility index (Phi) is 5.25. The van der Waals surface area contributed by atoms with Crippen molar-refractivity contribution < 1.29 is 7.80 Å². The van der Waals surface area contributed by atoms with E-state index in [0.29, 0.717) is 6.61 Å². The van der Waals surface area contributed by atoms with Crippen molar-refractivity contribution >= 4 is 23.0 Å². The Labute approximate surface area is 57.9 Å². The van der Waals surface area contributed by atoms with Crippen molar-refractivity contribution in [2.75, 3.05) is 13.7 Å². The Morgan fingerprint density at radius 1 is 1.71 bits per heavy atom. The molecule has 0 saturated carbocycles. The smallest absolute Gasteiger partial charge is 0.110 e. The van der Waals surface area contributed by atoms with Crippen LogP contribution < -0.4 is 0 Å². The van der Waals surface area contributed by atoms with Gasteiger partial charge in [0, 0.05) is 7.11 Å². The second kappa shape index (κ2) is 4.80. The van der Waals surface area contributed by atoms with E-state index >= 15 is 0 Å². The minimum Gasteiger partial charge on any atom is -0.382 e. The minimum absolute atomic E-state index is 0.214. The highest BCUT2D eigenvalue weighted by molar-refractivity contribution is 14.1. The molecule has 1 atom stereocenters. The molecule has 0 aliphatic heterocycles. The zero-order chi connectivity index (χ0) is 5.70. The number of ether oxygens (including phenoxy) is 1. The van der Waals surface area contributed by atoms with Gasteiger partial charge in [-0.1, -0.05) is 0 Å². The van der Waals surface area contributed by atoms with E-state index in [1.54, 1.807) is 7.11 Å². The average Bonchev–Trinajstić information content (AvgIpc) is 1.68. The van der Waals surface area contributed by atoms with Crippen molar-refractivity contribution in [3.63, 3.8) is 0 Å². The second-order valence-electron chi connectivity index (χ2n) is 1.36. The molecule has 0 amide bonds. The molecule has 44 valence electrons. The Hall–Kier alpha value is 0.650. The summed E-state index contributed by atoms with van der Waals surface area (Å²) in [7, 11) is 1.66. The van der Waals surface area contributed by atoms with Crippen LogP contribution in [0.3, 0.4) is 0 Å². The van der Waals surface area contributed by atoms with Crippen LogP contribution in [0.4, 0.5) is 0 Å². The summed E-state index contributed by atoms with van der Waals surface area (Å²) in [6.07, 6.45) is 0.214. The van der Waals surface area contributed by atoms with Crippen molar-refractivity contribution in [3.05, 3.63) is 0 Å². The van der Waals surface area contributed by atoms with Crippen LogP contribution in [-0.2, 0) is 7.80 Å². The van der Waals surface area contributed by atoms with E-state index in [4.69, 9.17) is 7.80 Å². The lowest BCUT2D eigenvalue weighted by molar-refractivity contribution is 0.119. The van der Waals surface area contributed by atoms with Gasteiger partial charge in [0.1, 0.15) is 23.0 Å². The molecule has 0 heterocycles. The van der Waals surface area contributed by atoms with Gasteiger partial charge < -0.3 is 7.80 Å². The Bertz CT molecular complexity index is 40.7. The summed E-state index contributed by atoms with van der Waals surface area (Å²) in [4.78, 5) is 0. The van der Waals surface area contributed by atoms with Crippen LogP contribution >= 0.6 is 23.0 Å². The predicted octanol–water partition coefficient (Wildman–Crippen LogP) is 1.39. The first-order chi connectivity index (χ1) is 3.31. The molecule has 2 nitrogen and oxygen atoms in total. The third kappa shape index (κ3) is 4.50. The summed E-state index contributed by atoms with van der Waals surface area (Å²) in [6.45, 7) is 2.62. The molecule has 3 heteroatoms. The first-order valence-electron chi connectivity index (χ1n) is 2.07. The maximum Gasteiger partial charge on any atom is 0.110 e. The molecule has 0 aliphatic carbocycles. The number of hydrogen-bond donors (Lipinski definition) is 0. The van der Waals surface area contributed by atoms with E-state index in [1.807, 2.05) is 29.9 Å². The van der Waals surface area contributed by atoms with Gasteiger partial charge in [-0.3, -0.25) is 0 Å². The Morgan fingerprint density at radius 3 is 2.43 bits per heavy atom. The molecule has 0 aliphatic rings. The fourth-order valence-corrected chi connectivity index (χ4v) is 0.407. The first kappa shape index (κ1) is 7.65. The second-order valence-corrected chi connectivity index (χ2v) is 1.86. The number of hydrogen-bond acceptors (Lipinski definition) is 2. The highest BCUT2D eigenvalue weighted by atomic mass is 127. The monoisotopic (exact) mass is 216 g/mol. The molecular weight excluding hydrogens is 207 g/mol. The minimum atomic E-state index is 0.214. The van der Waals surface area contributed by atoms with Crippen molar-refractivity contribution in [2.45, 2.75) is 13.0 Å². The van der Waals surface area contributed by atoms with Gasteiger partial charge in [0.2, 0.25) is 0 Å². The topological polar surface area (TPSA) is 18.5 Å². The normalized spacial score (nSPS) is 14.1. The standard InChI is InChI=1S/C4H9IO2/c1-4(7-5)3-6-2/h4H,3H2,1-2H3.